The minimum Gasteiger partial charge on any atom is -0.496 e. The van der Waals surface area contributed by atoms with E-state index in [2.05, 4.69) is 24.3 Å². The summed E-state index contributed by atoms with van der Waals surface area (Å²) >= 11 is 0. The molecule has 1 heterocycles. The van der Waals surface area contributed by atoms with Crippen molar-refractivity contribution in [1.82, 2.24) is 0 Å². The summed E-state index contributed by atoms with van der Waals surface area (Å²) in [5.41, 5.74) is 2.80. The molecule has 0 spiro atoms. The van der Waals surface area contributed by atoms with Crippen LogP contribution in [0.25, 0.3) is 6.08 Å². The van der Waals surface area contributed by atoms with E-state index in [1.54, 1.807) is 25.3 Å². The van der Waals surface area contributed by atoms with Gasteiger partial charge in [-0.25, -0.2) is 0 Å². The third-order valence-corrected chi connectivity index (χ3v) is 5.48. The van der Waals surface area contributed by atoms with E-state index in [0.29, 0.717) is 34.5 Å². The van der Waals surface area contributed by atoms with E-state index in [4.69, 9.17) is 14.2 Å². The number of rotatable bonds is 4. The molecule has 4 heteroatoms. The van der Waals surface area contributed by atoms with Gasteiger partial charge in [0.15, 0.2) is 5.76 Å². The van der Waals surface area contributed by atoms with Gasteiger partial charge in [-0.15, -0.1) is 0 Å². The lowest BCUT2D eigenvalue weighted by atomic mass is 9.84. The van der Waals surface area contributed by atoms with Crippen LogP contribution in [0.15, 0.2) is 42.2 Å². The van der Waals surface area contributed by atoms with Gasteiger partial charge >= 0.3 is 0 Å². The number of fused-ring (bicyclic) bond motifs is 1. The molecule has 0 saturated heterocycles. The molecule has 0 radical (unpaired) electrons. The maximum Gasteiger partial charge on any atom is 0.235 e. The zero-order valence-corrected chi connectivity index (χ0v) is 15.8. The minimum atomic E-state index is -0.166. The first-order valence-electron chi connectivity index (χ1n) is 9.50. The third-order valence-electron chi connectivity index (χ3n) is 5.48. The SMILES string of the molecule is COc1cc(OC)c2c(c1)O/C(=C\c1ccc(C3CCCCC3)cc1)C2=O. The Morgan fingerprint density at radius 1 is 1.00 bits per heavy atom. The van der Waals surface area contributed by atoms with E-state index >= 15 is 0 Å². The van der Waals surface area contributed by atoms with Gasteiger partial charge in [-0.1, -0.05) is 43.5 Å². The van der Waals surface area contributed by atoms with Crippen LogP contribution in [-0.2, 0) is 0 Å². The summed E-state index contributed by atoms with van der Waals surface area (Å²) in [5.74, 6) is 2.34. The van der Waals surface area contributed by atoms with Gasteiger partial charge in [0, 0.05) is 12.1 Å². The number of hydrogen-bond donors (Lipinski definition) is 0. The Morgan fingerprint density at radius 2 is 1.74 bits per heavy atom. The molecule has 1 saturated carbocycles. The number of carbonyl (C=O) groups excluding carboxylic acids is 1. The van der Waals surface area contributed by atoms with E-state index < -0.39 is 0 Å². The second-order valence-electron chi connectivity index (χ2n) is 7.14. The summed E-state index contributed by atoms with van der Waals surface area (Å²) in [5, 5.41) is 0. The molecule has 4 nitrogen and oxygen atoms in total. The van der Waals surface area contributed by atoms with Crippen LogP contribution in [0.3, 0.4) is 0 Å². The monoisotopic (exact) mass is 364 g/mol. The van der Waals surface area contributed by atoms with Crippen molar-refractivity contribution in [3.05, 3.63) is 58.8 Å². The fourth-order valence-electron chi connectivity index (χ4n) is 3.98. The molecule has 140 valence electrons. The molecule has 2 aromatic rings. The van der Waals surface area contributed by atoms with Crippen molar-refractivity contribution in [2.24, 2.45) is 0 Å². The number of carbonyl (C=O) groups is 1. The summed E-state index contributed by atoms with van der Waals surface area (Å²) in [6.07, 6.45) is 8.34. The largest absolute Gasteiger partial charge is 0.496 e. The molecular formula is C23H24O4. The van der Waals surface area contributed by atoms with Crippen molar-refractivity contribution >= 4 is 11.9 Å². The molecular weight excluding hydrogens is 340 g/mol. The number of benzene rings is 2. The average molecular weight is 364 g/mol. The number of methoxy groups -OCH3 is 2. The maximum absolute atomic E-state index is 12.8. The van der Waals surface area contributed by atoms with Crippen molar-refractivity contribution < 1.29 is 19.0 Å². The maximum atomic E-state index is 12.8. The highest BCUT2D eigenvalue weighted by molar-refractivity contribution is 6.16. The van der Waals surface area contributed by atoms with E-state index in [1.165, 1.54) is 44.8 Å². The standard InChI is InChI=1S/C23H24O4/c1-25-18-13-19(26-2)22-20(14-18)27-21(23(22)24)12-15-8-10-17(11-9-15)16-6-4-3-5-7-16/h8-14,16H,3-7H2,1-2H3/b21-12-. The zero-order valence-electron chi connectivity index (χ0n) is 15.8. The first-order valence-corrected chi connectivity index (χ1v) is 9.50. The Hall–Kier alpha value is -2.75. The summed E-state index contributed by atoms with van der Waals surface area (Å²) < 4.78 is 16.4. The summed E-state index contributed by atoms with van der Waals surface area (Å²) in [7, 11) is 3.11. The molecule has 2 aromatic carbocycles. The van der Waals surface area contributed by atoms with E-state index in [-0.39, 0.29) is 5.78 Å². The van der Waals surface area contributed by atoms with Crippen molar-refractivity contribution in [2.45, 2.75) is 38.0 Å². The molecule has 0 atom stereocenters. The molecule has 2 aliphatic rings. The fraction of sp³-hybridized carbons (Fsp3) is 0.348. The smallest absolute Gasteiger partial charge is 0.235 e. The van der Waals surface area contributed by atoms with Crippen molar-refractivity contribution in [1.29, 1.82) is 0 Å². The zero-order chi connectivity index (χ0) is 18.8. The second kappa shape index (κ2) is 7.47. The van der Waals surface area contributed by atoms with Gasteiger partial charge in [0.1, 0.15) is 22.8 Å². The van der Waals surface area contributed by atoms with Crippen LogP contribution in [0, 0.1) is 0 Å². The van der Waals surface area contributed by atoms with Gasteiger partial charge in [-0.3, -0.25) is 4.79 Å². The average Bonchev–Trinajstić information content (AvgIpc) is 3.04. The second-order valence-corrected chi connectivity index (χ2v) is 7.14. The minimum absolute atomic E-state index is 0.166. The van der Waals surface area contributed by atoms with Gasteiger partial charge < -0.3 is 14.2 Å². The highest BCUT2D eigenvalue weighted by atomic mass is 16.5. The fourth-order valence-corrected chi connectivity index (χ4v) is 3.98. The molecule has 0 aromatic heterocycles. The number of allylic oxidation sites excluding steroid dienone is 1. The van der Waals surface area contributed by atoms with Gasteiger partial charge in [-0.2, -0.15) is 0 Å². The predicted octanol–water partition coefficient (Wildman–Crippen LogP) is 5.37. The van der Waals surface area contributed by atoms with Crippen LogP contribution in [-0.4, -0.2) is 20.0 Å². The Labute approximate surface area is 159 Å². The van der Waals surface area contributed by atoms with Crippen molar-refractivity contribution in [2.75, 3.05) is 14.2 Å². The highest BCUT2D eigenvalue weighted by Crippen LogP contribution is 2.41. The van der Waals surface area contributed by atoms with Crippen LogP contribution in [0.1, 0.15) is 59.5 Å². The summed E-state index contributed by atoms with van der Waals surface area (Å²) in [6.45, 7) is 0. The van der Waals surface area contributed by atoms with Gasteiger partial charge in [0.25, 0.3) is 0 Å². The molecule has 4 rings (SSSR count). The van der Waals surface area contributed by atoms with E-state index in [0.717, 1.165) is 5.56 Å². The first-order chi connectivity index (χ1) is 13.2. The van der Waals surface area contributed by atoms with Crippen molar-refractivity contribution in [3.63, 3.8) is 0 Å². The number of ketones is 1. The Balaban J connectivity index is 1.58. The lowest BCUT2D eigenvalue weighted by molar-refractivity contribution is 0.101. The molecule has 27 heavy (non-hydrogen) atoms. The van der Waals surface area contributed by atoms with Crippen LogP contribution in [0.5, 0.6) is 17.2 Å². The molecule has 1 fully saturated rings. The Kier molecular flexibility index (Phi) is 4.88. The number of ether oxygens (including phenoxy) is 3. The Bertz CT molecular complexity index is 874. The van der Waals surface area contributed by atoms with Gasteiger partial charge in [0.2, 0.25) is 5.78 Å². The molecule has 1 aliphatic carbocycles. The molecule has 0 bridgehead atoms. The van der Waals surface area contributed by atoms with E-state index in [9.17, 15) is 4.79 Å². The topological polar surface area (TPSA) is 44.8 Å². The molecule has 1 aliphatic heterocycles. The third kappa shape index (κ3) is 3.44. The highest BCUT2D eigenvalue weighted by Gasteiger charge is 2.32. The normalized spacial score (nSPS) is 18.3. The van der Waals surface area contributed by atoms with Crippen LogP contribution in [0.2, 0.25) is 0 Å². The summed E-state index contributed by atoms with van der Waals surface area (Å²) in [4.78, 5) is 12.8. The molecule has 0 N–H and O–H groups in total. The van der Waals surface area contributed by atoms with Crippen LogP contribution >= 0.6 is 0 Å². The number of hydrogen-bond acceptors (Lipinski definition) is 4. The lowest BCUT2D eigenvalue weighted by Crippen LogP contribution is -2.04. The van der Waals surface area contributed by atoms with Crippen molar-refractivity contribution in [3.8, 4) is 17.2 Å². The Morgan fingerprint density at radius 3 is 2.41 bits per heavy atom. The first kappa shape index (κ1) is 17.7. The number of Topliss-reactive ketones (excluding diaryl/α,β-unsaturated/α-hetero) is 1. The quantitative estimate of drug-likeness (QED) is 0.685. The van der Waals surface area contributed by atoms with Crippen LogP contribution < -0.4 is 14.2 Å². The molecule has 0 amide bonds. The lowest BCUT2D eigenvalue weighted by Gasteiger charge is -2.21. The van der Waals surface area contributed by atoms with Crippen LogP contribution in [0.4, 0.5) is 0 Å². The van der Waals surface area contributed by atoms with Gasteiger partial charge in [0.05, 0.1) is 14.2 Å². The molecule has 0 unspecified atom stereocenters. The predicted molar refractivity (Wildman–Crippen MR) is 105 cm³/mol. The summed E-state index contributed by atoms with van der Waals surface area (Å²) in [6, 6.07) is 11.9. The van der Waals surface area contributed by atoms with Gasteiger partial charge in [-0.05, 0) is 36.0 Å². The van der Waals surface area contributed by atoms with E-state index in [1.807, 2.05) is 0 Å².